The first-order valence-corrected chi connectivity index (χ1v) is 5.74. The molecule has 0 aromatic heterocycles. The van der Waals surface area contributed by atoms with Gasteiger partial charge in [0.05, 0.1) is 12.2 Å². The molecular formula is C11H15BrN2O2. The largest absolute Gasteiger partial charge is 0.493 e. The van der Waals surface area contributed by atoms with Crippen LogP contribution in [0.3, 0.4) is 0 Å². The normalized spacial score (nSPS) is 11.9. The molecule has 1 aromatic carbocycles. The molecule has 0 atom stereocenters. The lowest BCUT2D eigenvalue weighted by Crippen LogP contribution is -2.16. The molecule has 0 unspecified atom stereocenters. The highest BCUT2D eigenvalue weighted by Crippen LogP contribution is 2.23. The fourth-order valence-corrected chi connectivity index (χ4v) is 1.50. The molecule has 4 nitrogen and oxygen atoms in total. The summed E-state index contributed by atoms with van der Waals surface area (Å²) in [5, 5.41) is 11.7. The maximum atomic E-state index is 8.67. The predicted molar refractivity (Wildman–Crippen MR) is 67.0 cm³/mol. The average molecular weight is 287 g/mol. The molecule has 88 valence electrons. The van der Waals surface area contributed by atoms with E-state index in [4.69, 9.17) is 15.7 Å². The summed E-state index contributed by atoms with van der Waals surface area (Å²) in [5.74, 6) is 1.08. The van der Waals surface area contributed by atoms with Crippen molar-refractivity contribution in [2.75, 3.05) is 6.61 Å². The molecule has 0 aliphatic carbocycles. The third kappa shape index (κ3) is 3.41. The fourth-order valence-electron chi connectivity index (χ4n) is 1.14. The minimum atomic E-state index is 0.0417. The number of nitrogens with zero attached hydrogens (tertiary/aromatic N) is 1. The number of hydrogen-bond donors (Lipinski definition) is 2. The highest BCUT2D eigenvalue weighted by atomic mass is 79.9. The van der Waals surface area contributed by atoms with E-state index in [0.29, 0.717) is 23.8 Å². The van der Waals surface area contributed by atoms with Gasteiger partial charge in [0.2, 0.25) is 0 Å². The van der Waals surface area contributed by atoms with Gasteiger partial charge in [-0.05, 0) is 24.1 Å². The smallest absolute Gasteiger partial charge is 0.173 e. The summed E-state index contributed by atoms with van der Waals surface area (Å²) >= 11 is 3.33. The standard InChI is InChI=1S/C11H15BrN2O2/c1-7(2)6-16-10-4-3-8(12)5-9(10)11(13)14-15/h3-5,7,15H,6H2,1-2H3,(H2,13,14). The van der Waals surface area contributed by atoms with Gasteiger partial charge in [0.25, 0.3) is 0 Å². The van der Waals surface area contributed by atoms with E-state index < -0.39 is 0 Å². The summed E-state index contributed by atoms with van der Waals surface area (Å²) < 4.78 is 6.44. The summed E-state index contributed by atoms with van der Waals surface area (Å²) in [6.45, 7) is 4.71. The highest BCUT2D eigenvalue weighted by Gasteiger charge is 2.09. The highest BCUT2D eigenvalue weighted by molar-refractivity contribution is 9.10. The molecule has 0 heterocycles. The number of ether oxygens (including phenoxy) is 1. The van der Waals surface area contributed by atoms with Crippen molar-refractivity contribution in [3.8, 4) is 5.75 Å². The number of oxime groups is 1. The van der Waals surface area contributed by atoms with Crippen LogP contribution < -0.4 is 10.5 Å². The van der Waals surface area contributed by atoms with Gasteiger partial charge >= 0.3 is 0 Å². The summed E-state index contributed by atoms with van der Waals surface area (Å²) in [5.41, 5.74) is 6.15. The van der Waals surface area contributed by atoms with Crippen molar-refractivity contribution in [3.05, 3.63) is 28.2 Å². The molecule has 1 aromatic rings. The Labute approximate surface area is 103 Å². The van der Waals surface area contributed by atoms with E-state index in [9.17, 15) is 0 Å². The molecule has 1 rings (SSSR count). The van der Waals surface area contributed by atoms with Gasteiger partial charge in [0, 0.05) is 4.47 Å². The quantitative estimate of drug-likeness (QED) is 0.387. The first-order valence-electron chi connectivity index (χ1n) is 4.95. The lowest BCUT2D eigenvalue weighted by Gasteiger charge is -2.12. The van der Waals surface area contributed by atoms with Crippen LogP contribution in [0.1, 0.15) is 19.4 Å². The zero-order valence-electron chi connectivity index (χ0n) is 9.27. The monoisotopic (exact) mass is 286 g/mol. The molecule has 0 saturated carbocycles. The zero-order valence-corrected chi connectivity index (χ0v) is 10.9. The van der Waals surface area contributed by atoms with Gasteiger partial charge < -0.3 is 15.7 Å². The predicted octanol–water partition coefficient (Wildman–Crippen LogP) is 2.58. The number of nitrogens with two attached hydrogens (primary N) is 1. The molecule has 0 aliphatic rings. The van der Waals surface area contributed by atoms with E-state index >= 15 is 0 Å². The third-order valence-corrected chi connectivity index (χ3v) is 2.39. The van der Waals surface area contributed by atoms with Crippen LogP contribution in [-0.4, -0.2) is 17.6 Å². The Bertz CT molecular complexity index is 392. The molecule has 0 radical (unpaired) electrons. The lowest BCUT2D eigenvalue weighted by molar-refractivity contribution is 0.270. The fraction of sp³-hybridized carbons (Fsp3) is 0.364. The van der Waals surface area contributed by atoms with Crippen LogP contribution in [0.2, 0.25) is 0 Å². The van der Waals surface area contributed by atoms with E-state index in [1.54, 1.807) is 12.1 Å². The Morgan fingerprint density at radius 3 is 2.81 bits per heavy atom. The second-order valence-electron chi connectivity index (χ2n) is 3.83. The molecule has 0 spiro atoms. The Hall–Kier alpha value is -1.23. The Morgan fingerprint density at radius 1 is 1.56 bits per heavy atom. The molecule has 16 heavy (non-hydrogen) atoms. The molecule has 0 aliphatic heterocycles. The summed E-state index contributed by atoms with van der Waals surface area (Å²) in [7, 11) is 0. The average Bonchev–Trinajstić information content (AvgIpc) is 2.26. The van der Waals surface area contributed by atoms with Gasteiger partial charge in [-0.3, -0.25) is 0 Å². The Morgan fingerprint density at radius 2 is 2.25 bits per heavy atom. The molecule has 0 saturated heterocycles. The van der Waals surface area contributed by atoms with Crippen molar-refractivity contribution in [1.29, 1.82) is 0 Å². The van der Waals surface area contributed by atoms with E-state index in [1.807, 2.05) is 6.07 Å². The van der Waals surface area contributed by atoms with Crippen LogP contribution >= 0.6 is 15.9 Å². The first-order chi connectivity index (χ1) is 7.54. The minimum Gasteiger partial charge on any atom is -0.493 e. The van der Waals surface area contributed by atoms with Crippen LogP contribution in [-0.2, 0) is 0 Å². The second kappa shape index (κ2) is 5.75. The number of rotatable bonds is 4. The molecule has 0 bridgehead atoms. The van der Waals surface area contributed by atoms with E-state index in [1.165, 1.54) is 0 Å². The van der Waals surface area contributed by atoms with Crippen molar-refractivity contribution in [2.45, 2.75) is 13.8 Å². The van der Waals surface area contributed by atoms with Crippen LogP contribution in [0.5, 0.6) is 5.75 Å². The summed E-state index contributed by atoms with van der Waals surface area (Å²) in [6, 6.07) is 5.40. The second-order valence-corrected chi connectivity index (χ2v) is 4.75. The van der Waals surface area contributed by atoms with Crippen molar-refractivity contribution in [1.82, 2.24) is 0 Å². The van der Waals surface area contributed by atoms with Crippen molar-refractivity contribution in [2.24, 2.45) is 16.8 Å². The van der Waals surface area contributed by atoms with Crippen molar-refractivity contribution >= 4 is 21.8 Å². The molecule has 0 amide bonds. The number of hydrogen-bond acceptors (Lipinski definition) is 3. The van der Waals surface area contributed by atoms with Gasteiger partial charge in [0.15, 0.2) is 5.84 Å². The van der Waals surface area contributed by atoms with Gasteiger partial charge in [-0.1, -0.05) is 34.9 Å². The topological polar surface area (TPSA) is 67.8 Å². The van der Waals surface area contributed by atoms with Crippen LogP contribution in [0.4, 0.5) is 0 Å². The van der Waals surface area contributed by atoms with Gasteiger partial charge in [-0.2, -0.15) is 0 Å². The lowest BCUT2D eigenvalue weighted by atomic mass is 10.2. The maximum absolute atomic E-state index is 8.67. The van der Waals surface area contributed by atoms with Gasteiger partial charge in [-0.15, -0.1) is 0 Å². The molecular weight excluding hydrogens is 272 g/mol. The number of amidine groups is 1. The summed E-state index contributed by atoms with van der Waals surface area (Å²) in [4.78, 5) is 0. The van der Waals surface area contributed by atoms with Crippen LogP contribution in [0.25, 0.3) is 0 Å². The van der Waals surface area contributed by atoms with E-state index in [2.05, 4.69) is 34.9 Å². The first kappa shape index (κ1) is 12.8. The molecule has 5 heteroatoms. The van der Waals surface area contributed by atoms with Crippen molar-refractivity contribution in [3.63, 3.8) is 0 Å². The van der Waals surface area contributed by atoms with Crippen LogP contribution in [0, 0.1) is 5.92 Å². The SMILES string of the molecule is CC(C)COc1ccc(Br)cc1/C(N)=N/O. The minimum absolute atomic E-state index is 0.0417. The van der Waals surface area contributed by atoms with Gasteiger partial charge in [-0.25, -0.2) is 0 Å². The van der Waals surface area contributed by atoms with Gasteiger partial charge in [0.1, 0.15) is 5.75 Å². The van der Waals surface area contributed by atoms with Crippen LogP contribution in [0.15, 0.2) is 27.8 Å². The van der Waals surface area contributed by atoms with Crippen molar-refractivity contribution < 1.29 is 9.94 Å². The number of halogens is 1. The molecule has 3 N–H and O–H groups in total. The van der Waals surface area contributed by atoms with E-state index in [-0.39, 0.29) is 5.84 Å². The molecule has 0 fully saturated rings. The Kier molecular flexibility index (Phi) is 4.61. The number of benzene rings is 1. The third-order valence-electron chi connectivity index (χ3n) is 1.90. The zero-order chi connectivity index (χ0) is 12.1. The maximum Gasteiger partial charge on any atom is 0.173 e. The van der Waals surface area contributed by atoms with E-state index in [0.717, 1.165) is 4.47 Å². The summed E-state index contributed by atoms with van der Waals surface area (Å²) in [6.07, 6.45) is 0. The Balaban J connectivity index is 2.98.